The van der Waals surface area contributed by atoms with Crippen molar-refractivity contribution in [3.63, 3.8) is 0 Å². The summed E-state index contributed by atoms with van der Waals surface area (Å²) in [6.07, 6.45) is 0. The Labute approximate surface area is 121 Å². The Balaban J connectivity index is 2.17. The van der Waals surface area contributed by atoms with Crippen LogP contribution in [0.4, 0.5) is 5.69 Å². The summed E-state index contributed by atoms with van der Waals surface area (Å²) in [4.78, 5) is 24.0. The van der Waals surface area contributed by atoms with Gasteiger partial charge in [0, 0.05) is 11.1 Å². The van der Waals surface area contributed by atoms with Crippen molar-refractivity contribution < 1.29 is 19.1 Å². The van der Waals surface area contributed by atoms with E-state index >= 15 is 0 Å². The van der Waals surface area contributed by atoms with Gasteiger partial charge in [-0.25, -0.2) is 4.79 Å². The molecule has 1 aliphatic rings. The lowest BCUT2D eigenvalue weighted by atomic mass is 9.93. The van der Waals surface area contributed by atoms with Gasteiger partial charge in [0.2, 0.25) is 0 Å². The number of carbonyl (C=O) groups is 2. The summed E-state index contributed by atoms with van der Waals surface area (Å²) in [5.74, 6) is -1.63. The normalized spacial score (nSPS) is 19.7. The molecule has 2 atom stereocenters. The molecule has 2 aromatic rings. The lowest BCUT2D eigenvalue weighted by Gasteiger charge is -2.15. The lowest BCUT2D eigenvalue weighted by Crippen LogP contribution is -2.35. The SMILES string of the molecule is COC(=O)[C@@H]1c2ccc3ccccc3c2N[C@H]1C(=O)OC. The third-order valence-electron chi connectivity index (χ3n) is 3.84. The molecular formula is C16H15NO4. The molecule has 0 saturated heterocycles. The van der Waals surface area contributed by atoms with E-state index in [1.807, 2.05) is 36.4 Å². The molecule has 2 aromatic carbocycles. The van der Waals surface area contributed by atoms with Crippen LogP contribution in [0.15, 0.2) is 36.4 Å². The Bertz CT molecular complexity index is 725. The van der Waals surface area contributed by atoms with Crippen molar-refractivity contribution in [1.82, 2.24) is 0 Å². The summed E-state index contributed by atoms with van der Waals surface area (Å²) < 4.78 is 9.63. The van der Waals surface area contributed by atoms with Crippen molar-refractivity contribution in [3.8, 4) is 0 Å². The molecule has 1 aliphatic heterocycles. The van der Waals surface area contributed by atoms with Gasteiger partial charge < -0.3 is 14.8 Å². The maximum absolute atomic E-state index is 12.1. The summed E-state index contributed by atoms with van der Waals surface area (Å²) in [5, 5.41) is 5.13. The van der Waals surface area contributed by atoms with Gasteiger partial charge in [-0.05, 0) is 10.9 Å². The Hall–Kier alpha value is -2.56. The zero-order chi connectivity index (χ0) is 15.0. The lowest BCUT2D eigenvalue weighted by molar-refractivity contribution is -0.149. The third kappa shape index (κ3) is 2.01. The monoisotopic (exact) mass is 285 g/mol. The van der Waals surface area contributed by atoms with Crippen LogP contribution in [0, 0.1) is 0 Å². The van der Waals surface area contributed by atoms with E-state index < -0.39 is 23.9 Å². The summed E-state index contributed by atoms with van der Waals surface area (Å²) in [6, 6.07) is 10.8. The van der Waals surface area contributed by atoms with Crippen LogP contribution < -0.4 is 5.32 Å². The minimum atomic E-state index is -0.761. The molecule has 1 N–H and O–H groups in total. The first kappa shape index (κ1) is 13.4. The number of nitrogens with one attached hydrogen (secondary N) is 1. The van der Waals surface area contributed by atoms with Crippen LogP contribution in [0.3, 0.4) is 0 Å². The highest BCUT2D eigenvalue weighted by molar-refractivity contribution is 6.04. The standard InChI is InChI=1S/C16H15NO4/c1-20-15(18)12-11-8-7-9-5-3-4-6-10(9)13(11)17-14(12)16(19)21-2/h3-8,12,14,17H,1-2H3/t12-,14-/m1/s1. The molecule has 0 bridgehead atoms. The van der Waals surface area contributed by atoms with E-state index in [0.717, 1.165) is 22.0 Å². The average molecular weight is 285 g/mol. The molecule has 0 amide bonds. The number of benzene rings is 2. The van der Waals surface area contributed by atoms with Crippen LogP contribution in [0.25, 0.3) is 10.8 Å². The van der Waals surface area contributed by atoms with Gasteiger partial charge in [-0.15, -0.1) is 0 Å². The van der Waals surface area contributed by atoms with Gasteiger partial charge in [-0.3, -0.25) is 4.79 Å². The number of ether oxygens (including phenoxy) is 2. The van der Waals surface area contributed by atoms with Crippen LogP contribution >= 0.6 is 0 Å². The second-order valence-corrected chi connectivity index (χ2v) is 4.90. The largest absolute Gasteiger partial charge is 0.468 e. The molecule has 0 spiro atoms. The molecule has 3 rings (SSSR count). The van der Waals surface area contributed by atoms with Crippen molar-refractivity contribution in [2.45, 2.75) is 12.0 Å². The molecule has 0 fully saturated rings. The molecule has 0 aliphatic carbocycles. The van der Waals surface area contributed by atoms with Crippen LogP contribution in [0.5, 0.6) is 0 Å². The second-order valence-electron chi connectivity index (χ2n) is 4.90. The number of methoxy groups -OCH3 is 2. The minimum absolute atomic E-state index is 0.452. The van der Waals surface area contributed by atoms with Crippen LogP contribution in [-0.2, 0) is 19.1 Å². The maximum atomic E-state index is 12.1. The molecular weight excluding hydrogens is 270 g/mol. The molecule has 0 radical (unpaired) electrons. The zero-order valence-electron chi connectivity index (χ0n) is 11.8. The minimum Gasteiger partial charge on any atom is -0.468 e. The number of rotatable bonds is 2. The van der Waals surface area contributed by atoms with Gasteiger partial charge in [0.05, 0.1) is 14.2 Å². The second kappa shape index (κ2) is 5.09. The van der Waals surface area contributed by atoms with E-state index in [9.17, 15) is 9.59 Å². The first-order valence-electron chi connectivity index (χ1n) is 6.61. The quantitative estimate of drug-likeness (QED) is 0.856. The highest BCUT2D eigenvalue weighted by Crippen LogP contribution is 2.41. The van der Waals surface area contributed by atoms with Crippen molar-refractivity contribution in [2.75, 3.05) is 19.5 Å². The Kier molecular flexibility index (Phi) is 3.25. The first-order chi connectivity index (χ1) is 10.2. The van der Waals surface area contributed by atoms with Crippen molar-refractivity contribution in [2.24, 2.45) is 0 Å². The number of hydrogen-bond donors (Lipinski definition) is 1. The topological polar surface area (TPSA) is 64.6 Å². The molecule has 0 aromatic heterocycles. The number of hydrogen-bond acceptors (Lipinski definition) is 5. The number of anilines is 1. The Morgan fingerprint density at radius 2 is 1.71 bits per heavy atom. The summed E-state index contributed by atoms with van der Waals surface area (Å²) in [7, 11) is 2.62. The number of carbonyl (C=O) groups excluding carboxylic acids is 2. The van der Waals surface area contributed by atoms with E-state index in [1.165, 1.54) is 14.2 Å². The van der Waals surface area contributed by atoms with Crippen molar-refractivity contribution >= 4 is 28.4 Å². The molecule has 0 saturated carbocycles. The Morgan fingerprint density at radius 1 is 1.00 bits per heavy atom. The van der Waals surface area contributed by atoms with Gasteiger partial charge >= 0.3 is 11.9 Å². The number of fused-ring (bicyclic) bond motifs is 3. The predicted molar refractivity (Wildman–Crippen MR) is 78.1 cm³/mol. The van der Waals surface area contributed by atoms with E-state index in [0.29, 0.717) is 0 Å². The van der Waals surface area contributed by atoms with Crippen LogP contribution in [0.1, 0.15) is 11.5 Å². The summed E-state index contributed by atoms with van der Waals surface area (Å²) >= 11 is 0. The zero-order valence-corrected chi connectivity index (χ0v) is 11.8. The smallest absolute Gasteiger partial charge is 0.329 e. The fourth-order valence-electron chi connectivity index (χ4n) is 2.84. The number of esters is 2. The summed E-state index contributed by atoms with van der Waals surface area (Å²) in [5.41, 5.74) is 1.55. The first-order valence-corrected chi connectivity index (χ1v) is 6.61. The highest BCUT2D eigenvalue weighted by atomic mass is 16.5. The molecule has 0 unspecified atom stereocenters. The fourth-order valence-corrected chi connectivity index (χ4v) is 2.84. The highest BCUT2D eigenvalue weighted by Gasteiger charge is 2.43. The van der Waals surface area contributed by atoms with E-state index in [4.69, 9.17) is 9.47 Å². The van der Waals surface area contributed by atoms with Crippen LogP contribution in [-0.4, -0.2) is 32.2 Å². The van der Waals surface area contributed by atoms with E-state index in [-0.39, 0.29) is 0 Å². The van der Waals surface area contributed by atoms with Gasteiger partial charge in [-0.1, -0.05) is 36.4 Å². The van der Waals surface area contributed by atoms with Crippen molar-refractivity contribution in [3.05, 3.63) is 42.0 Å². The molecule has 5 nitrogen and oxygen atoms in total. The van der Waals surface area contributed by atoms with Gasteiger partial charge in [0.25, 0.3) is 0 Å². The fraction of sp³-hybridized carbons (Fsp3) is 0.250. The average Bonchev–Trinajstić information content (AvgIpc) is 2.93. The van der Waals surface area contributed by atoms with E-state index in [2.05, 4.69) is 5.32 Å². The molecule has 1 heterocycles. The van der Waals surface area contributed by atoms with Gasteiger partial charge in [0.15, 0.2) is 0 Å². The molecule has 21 heavy (non-hydrogen) atoms. The van der Waals surface area contributed by atoms with Crippen LogP contribution in [0.2, 0.25) is 0 Å². The van der Waals surface area contributed by atoms with Gasteiger partial charge in [-0.2, -0.15) is 0 Å². The summed E-state index contributed by atoms with van der Waals surface area (Å²) in [6.45, 7) is 0. The molecule has 5 heteroatoms. The molecule has 108 valence electrons. The Morgan fingerprint density at radius 3 is 2.43 bits per heavy atom. The maximum Gasteiger partial charge on any atom is 0.329 e. The van der Waals surface area contributed by atoms with E-state index in [1.54, 1.807) is 0 Å². The third-order valence-corrected chi connectivity index (χ3v) is 3.84. The van der Waals surface area contributed by atoms with Crippen molar-refractivity contribution in [1.29, 1.82) is 0 Å². The predicted octanol–water partition coefficient (Wildman–Crippen LogP) is 2.06. The van der Waals surface area contributed by atoms with Gasteiger partial charge in [0.1, 0.15) is 12.0 Å².